The molecule has 2 heterocycles. The SMILES string of the molecule is O=[N+]([O-])C1=CN(CCN2CCCC2)CC=C1. The van der Waals surface area contributed by atoms with Crippen LogP contribution in [0.4, 0.5) is 0 Å². The van der Waals surface area contributed by atoms with Crippen LogP contribution in [0.25, 0.3) is 0 Å². The maximum atomic E-state index is 10.6. The van der Waals surface area contributed by atoms with Gasteiger partial charge >= 0.3 is 0 Å². The summed E-state index contributed by atoms with van der Waals surface area (Å²) < 4.78 is 0. The summed E-state index contributed by atoms with van der Waals surface area (Å²) in [4.78, 5) is 14.7. The van der Waals surface area contributed by atoms with Gasteiger partial charge < -0.3 is 9.80 Å². The molecular weight excluding hydrogens is 206 g/mol. The lowest BCUT2D eigenvalue weighted by Gasteiger charge is -2.23. The lowest BCUT2D eigenvalue weighted by atomic mass is 10.3. The third-order valence-electron chi connectivity index (χ3n) is 3.06. The molecule has 5 nitrogen and oxygen atoms in total. The van der Waals surface area contributed by atoms with Crippen molar-refractivity contribution < 1.29 is 4.92 Å². The Morgan fingerprint density at radius 1 is 1.31 bits per heavy atom. The number of rotatable bonds is 4. The first-order chi connectivity index (χ1) is 7.75. The van der Waals surface area contributed by atoms with E-state index in [1.807, 2.05) is 11.0 Å². The predicted molar refractivity (Wildman–Crippen MR) is 61.5 cm³/mol. The lowest BCUT2D eigenvalue weighted by molar-refractivity contribution is -0.420. The molecule has 5 heteroatoms. The van der Waals surface area contributed by atoms with Crippen molar-refractivity contribution in [2.24, 2.45) is 0 Å². The van der Waals surface area contributed by atoms with Gasteiger partial charge in [0, 0.05) is 25.7 Å². The van der Waals surface area contributed by atoms with Crippen molar-refractivity contribution in [3.8, 4) is 0 Å². The summed E-state index contributed by atoms with van der Waals surface area (Å²) in [6.45, 7) is 5.02. The minimum atomic E-state index is -0.335. The molecule has 0 aliphatic carbocycles. The van der Waals surface area contributed by atoms with E-state index in [-0.39, 0.29) is 10.6 Å². The van der Waals surface area contributed by atoms with Crippen LogP contribution in [0, 0.1) is 10.1 Å². The van der Waals surface area contributed by atoms with E-state index >= 15 is 0 Å². The molecular formula is C11H17N3O2. The molecule has 0 aromatic heterocycles. The van der Waals surface area contributed by atoms with Gasteiger partial charge in [-0.25, -0.2) is 0 Å². The highest BCUT2D eigenvalue weighted by Crippen LogP contribution is 2.10. The fourth-order valence-electron chi connectivity index (χ4n) is 2.13. The lowest BCUT2D eigenvalue weighted by Crippen LogP contribution is -2.32. The van der Waals surface area contributed by atoms with Gasteiger partial charge in [-0.2, -0.15) is 0 Å². The quantitative estimate of drug-likeness (QED) is 0.528. The molecule has 88 valence electrons. The number of hydrogen-bond acceptors (Lipinski definition) is 4. The van der Waals surface area contributed by atoms with E-state index in [0.29, 0.717) is 0 Å². The van der Waals surface area contributed by atoms with Crippen molar-refractivity contribution in [1.82, 2.24) is 9.80 Å². The van der Waals surface area contributed by atoms with Crippen molar-refractivity contribution in [3.63, 3.8) is 0 Å². The molecule has 0 atom stereocenters. The van der Waals surface area contributed by atoms with E-state index in [9.17, 15) is 10.1 Å². The number of nitrogens with zero attached hydrogens (tertiary/aromatic N) is 3. The standard InChI is InChI=1S/C11H17N3O2/c15-14(16)11-4-3-7-13(10-11)9-8-12-5-1-2-6-12/h3-4,10H,1-2,5-9H2. The molecule has 0 saturated carbocycles. The van der Waals surface area contributed by atoms with E-state index in [4.69, 9.17) is 0 Å². The van der Waals surface area contributed by atoms with Crippen molar-refractivity contribution in [1.29, 1.82) is 0 Å². The third kappa shape index (κ3) is 2.82. The summed E-state index contributed by atoms with van der Waals surface area (Å²) in [5.41, 5.74) is 0.188. The Bertz CT molecular complexity index is 319. The molecule has 1 saturated heterocycles. The zero-order valence-electron chi connectivity index (χ0n) is 9.34. The van der Waals surface area contributed by atoms with Crippen LogP contribution < -0.4 is 0 Å². The molecule has 0 spiro atoms. The molecule has 0 aromatic rings. The second-order valence-electron chi connectivity index (χ2n) is 4.26. The maximum absolute atomic E-state index is 10.6. The number of allylic oxidation sites excluding steroid dienone is 1. The minimum Gasteiger partial charge on any atom is -0.367 e. The summed E-state index contributed by atoms with van der Waals surface area (Å²) >= 11 is 0. The van der Waals surface area contributed by atoms with Gasteiger partial charge in [-0.15, -0.1) is 0 Å². The molecule has 0 unspecified atom stereocenters. The second-order valence-corrected chi connectivity index (χ2v) is 4.26. The normalized spacial score (nSPS) is 21.2. The van der Waals surface area contributed by atoms with E-state index in [1.54, 1.807) is 12.3 Å². The predicted octanol–water partition coefficient (Wildman–Crippen LogP) is 1.07. The van der Waals surface area contributed by atoms with Crippen molar-refractivity contribution >= 4 is 0 Å². The molecule has 1 fully saturated rings. The maximum Gasteiger partial charge on any atom is 0.284 e. The highest BCUT2D eigenvalue weighted by atomic mass is 16.6. The zero-order chi connectivity index (χ0) is 11.4. The molecule has 2 rings (SSSR count). The molecule has 0 radical (unpaired) electrons. The molecule has 2 aliphatic heterocycles. The van der Waals surface area contributed by atoms with Crippen LogP contribution >= 0.6 is 0 Å². The molecule has 0 aromatic carbocycles. The van der Waals surface area contributed by atoms with E-state index in [1.165, 1.54) is 25.9 Å². The smallest absolute Gasteiger partial charge is 0.284 e. The summed E-state index contributed by atoms with van der Waals surface area (Å²) in [7, 11) is 0. The topological polar surface area (TPSA) is 49.6 Å². The summed E-state index contributed by atoms with van der Waals surface area (Å²) in [6, 6.07) is 0. The van der Waals surface area contributed by atoms with Gasteiger partial charge in [0.15, 0.2) is 0 Å². The minimum absolute atomic E-state index is 0.188. The Hall–Kier alpha value is -1.36. The number of likely N-dealkylation sites (tertiary alicyclic amines) is 1. The summed E-state index contributed by atoms with van der Waals surface area (Å²) in [6.07, 6.45) is 7.65. The Labute approximate surface area is 95.2 Å². The largest absolute Gasteiger partial charge is 0.367 e. The van der Waals surface area contributed by atoms with Gasteiger partial charge in [-0.3, -0.25) is 10.1 Å². The molecule has 0 N–H and O–H groups in total. The number of hydrogen-bond donors (Lipinski definition) is 0. The van der Waals surface area contributed by atoms with E-state index in [0.717, 1.165) is 19.6 Å². The number of nitro groups is 1. The zero-order valence-corrected chi connectivity index (χ0v) is 9.34. The van der Waals surface area contributed by atoms with Crippen LogP contribution in [-0.4, -0.2) is 47.4 Å². The van der Waals surface area contributed by atoms with Crippen molar-refractivity contribution in [2.75, 3.05) is 32.7 Å². The van der Waals surface area contributed by atoms with Crippen LogP contribution in [0.15, 0.2) is 24.0 Å². The van der Waals surface area contributed by atoms with Crippen LogP contribution in [0.3, 0.4) is 0 Å². The van der Waals surface area contributed by atoms with Gasteiger partial charge in [0.2, 0.25) is 0 Å². The monoisotopic (exact) mass is 223 g/mol. The average Bonchev–Trinajstić information content (AvgIpc) is 2.79. The summed E-state index contributed by atoms with van der Waals surface area (Å²) in [5, 5.41) is 10.6. The molecule has 16 heavy (non-hydrogen) atoms. The third-order valence-corrected chi connectivity index (χ3v) is 3.06. The molecule has 2 aliphatic rings. The highest BCUT2D eigenvalue weighted by Gasteiger charge is 2.15. The Morgan fingerprint density at radius 2 is 2.06 bits per heavy atom. The van der Waals surface area contributed by atoms with Crippen LogP contribution in [0.5, 0.6) is 0 Å². The highest BCUT2D eigenvalue weighted by molar-refractivity contribution is 5.15. The summed E-state index contributed by atoms with van der Waals surface area (Å²) in [5.74, 6) is 0. The van der Waals surface area contributed by atoms with Gasteiger partial charge in [-0.05, 0) is 25.9 Å². The van der Waals surface area contributed by atoms with E-state index in [2.05, 4.69) is 4.90 Å². The Kier molecular flexibility index (Phi) is 3.56. The van der Waals surface area contributed by atoms with Gasteiger partial charge in [-0.1, -0.05) is 6.08 Å². The first kappa shape index (κ1) is 11.1. The molecule has 0 amide bonds. The fourth-order valence-corrected chi connectivity index (χ4v) is 2.13. The van der Waals surface area contributed by atoms with Crippen molar-refractivity contribution in [2.45, 2.75) is 12.8 Å². The second kappa shape index (κ2) is 5.12. The van der Waals surface area contributed by atoms with Gasteiger partial charge in [0.1, 0.15) is 0 Å². The van der Waals surface area contributed by atoms with Crippen molar-refractivity contribution in [3.05, 3.63) is 34.2 Å². The van der Waals surface area contributed by atoms with Gasteiger partial charge in [0.25, 0.3) is 5.70 Å². The first-order valence-electron chi connectivity index (χ1n) is 5.75. The first-order valence-corrected chi connectivity index (χ1v) is 5.75. The van der Waals surface area contributed by atoms with E-state index < -0.39 is 0 Å². The molecule has 0 bridgehead atoms. The van der Waals surface area contributed by atoms with Gasteiger partial charge in [0.05, 0.1) is 11.1 Å². The Morgan fingerprint density at radius 3 is 2.75 bits per heavy atom. The average molecular weight is 223 g/mol. The van der Waals surface area contributed by atoms with Crippen LogP contribution in [0.1, 0.15) is 12.8 Å². The van der Waals surface area contributed by atoms with Crippen LogP contribution in [0.2, 0.25) is 0 Å². The Balaban J connectivity index is 1.81. The fraction of sp³-hybridized carbons (Fsp3) is 0.636. The van der Waals surface area contributed by atoms with Crippen LogP contribution in [-0.2, 0) is 0 Å².